The van der Waals surface area contributed by atoms with Crippen LogP contribution in [0, 0.1) is 46.3 Å². The Hall–Kier alpha value is -2.73. The molecule has 5 fully saturated rings. The largest absolute Gasteiger partial charge is 0.479 e. The Bertz CT molecular complexity index is 1160. The van der Waals surface area contributed by atoms with Gasteiger partial charge >= 0.3 is 12.1 Å². The van der Waals surface area contributed by atoms with Crippen molar-refractivity contribution in [1.82, 2.24) is 5.32 Å². The Morgan fingerprint density at radius 3 is 2.09 bits per heavy atom. The number of carboxylic acid groups (broad SMARTS) is 1. The van der Waals surface area contributed by atoms with E-state index in [-0.39, 0.29) is 23.7 Å². The Labute approximate surface area is 269 Å². The molecule has 2 N–H and O–H groups in total. The highest BCUT2D eigenvalue weighted by atomic mass is 19.4. The van der Waals surface area contributed by atoms with Gasteiger partial charge in [0.05, 0.1) is 17.8 Å². The summed E-state index contributed by atoms with van der Waals surface area (Å²) < 4.78 is 50.4. The van der Waals surface area contributed by atoms with E-state index in [0.29, 0.717) is 36.9 Å². The molecule has 12 heteroatoms. The van der Waals surface area contributed by atoms with Crippen molar-refractivity contribution in [3.05, 3.63) is 40.3 Å². The van der Waals surface area contributed by atoms with Crippen LogP contribution in [0.15, 0.2) is 29.6 Å². The van der Waals surface area contributed by atoms with Crippen LogP contribution in [0.1, 0.15) is 102 Å². The first kappa shape index (κ1) is 36.1. The first-order valence-corrected chi connectivity index (χ1v) is 16.7. The molecular formula is C34H49F3N2O7. The van der Waals surface area contributed by atoms with Crippen LogP contribution in [0.4, 0.5) is 13.2 Å². The van der Waals surface area contributed by atoms with E-state index in [4.69, 9.17) is 14.4 Å². The van der Waals surface area contributed by atoms with Crippen LogP contribution in [-0.4, -0.2) is 42.6 Å². The molecule has 1 aromatic carbocycles. The van der Waals surface area contributed by atoms with Crippen molar-refractivity contribution in [3.8, 4) is 0 Å². The van der Waals surface area contributed by atoms with Gasteiger partial charge in [-0.15, -0.1) is 4.91 Å². The summed E-state index contributed by atoms with van der Waals surface area (Å²) in [6, 6.07) is 2.42. The number of halogens is 3. The number of alkyl halides is 3. The van der Waals surface area contributed by atoms with Crippen LogP contribution < -0.4 is 5.32 Å². The molecule has 46 heavy (non-hydrogen) atoms. The molecule has 2 heterocycles. The van der Waals surface area contributed by atoms with E-state index in [2.05, 4.69) is 24.0 Å². The maximum Gasteiger partial charge on any atom is 0.416 e. The van der Waals surface area contributed by atoms with E-state index < -0.39 is 23.8 Å². The Kier molecular flexibility index (Phi) is 12.5. The van der Waals surface area contributed by atoms with Gasteiger partial charge in [-0.1, -0.05) is 38.8 Å². The summed E-state index contributed by atoms with van der Waals surface area (Å²) in [5.74, 6) is 2.55. The van der Waals surface area contributed by atoms with E-state index >= 15 is 0 Å². The fraction of sp³-hybridized carbons (Fsp3) is 0.765. The third kappa shape index (κ3) is 8.79. The van der Waals surface area contributed by atoms with Gasteiger partial charge in [0, 0.05) is 11.8 Å². The normalized spacial score (nSPS) is 34.2. The molecule has 0 aromatic heterocycles. The highest BCUT2D eigenvalue weighted by molar-refractivity contribution is 5.86. The van der Waals surface area contributed by atoms with Crippen molar-refractivity contribution >= 4 is 11.9 Å². The van der Waals surface area contributed by atoms with Gasteiger partial charge < -0.3 is 24.7 Å². The molecule has 2 saturated heterocycles. The van der Waals surface area contributed by atoms with Gasteiger partial charge in [-0.3, -0.25) is 4.79 Å². The number of amides is 1. The third-order valence-electron chi connectivity index (χ3n) is 10.8. The van der Waals surface area contributed by atoms with Gasteiger partial charge in [0.2, 0.25) is 5.91 Å². The minimum atomic E-state index is -4.48. The number of nitrogens with zero attached hydrogens (tertiary/aromatic N) is 1. The molecule has 3 unspecified atom stereocenters. The third-order valence-corrected chi connectivity index (χ3v) is 10.8. The number of aliphatic carboxylic acids is 1. The molecule has 6 rings (SSSR count). The predicted octanol–water partition coefficient (Wildman–Crippen LogP) is 7.69. The van der Waals surface area contributed by atoms with E-state index in [1.807, 2.05) is 12.3 Å². The summed E-state index contributed by atoms with van der Waals surface area (Å²) in [4.78, 5) is 35.5. The summed E-state index contributed by atoms with van der Waals surface area (Å²) in [5, 5.41) is 13.6. The van der Waals surface area contributed by atoms with Crippen LogP contribution in [-0.2, 0) is 30.1 Å². The molecule has 258 valence electrons. The van der Waals surface area contributed by atoms with E-state index in [1.54, 1.807) is 0 Å². The Balaban J connectivity index is 0.000000188. The number of rotatable bonds is 6. The maximum atomic E-state index is 12.5. The van der Waals surface area contributed by atoms with E-state index in [0.717, 1.165) is 47.9 Å². The first-order valence-electron chi connectivity index (χ1n) is 16.7. The smallest absolute Gasteiger partial charge is 0.416 e. The quantitative estimate of drug-likeness (QED) is 0.238. The van der Waals surface area contributed by atoms with Crippen molar-refractivity contribution in [3.63, 3.8) is 0 Å². The summed E-state index contributed by atoms with van der Waals surface area (Å²) in [6.07, 6.45) is 8.96. The lowest BCUT2D eigenvalue weighted by Crippen LogP contribution is -2.54. The number of hydrogen-bond donors (Lipinski definition) is 2. The van der Waals surface area contributed by atoms with Gasteiger partial charge in [-0.25, -0.2) is 4.79 Å². The summed E-state index contributed by atoms with van der Waals surface area (Å²) in [5.41, 5.74) is -0.749. The molecule has 0 bridgehead atoms. The van der Waals surface area contributed by atoms with Gasteiger partial charge in [0.25, 0.3) is 0 Å². The lowest BCUT2D eigenvalue weighted by molar-refractivity contribution is -0.287. The summed E-state index contributed by atoms with van der Waals surface area (Å²) >= 11 is 0. The summed E-state index contributed by atoms with van der Waals surface area (Å²) in [7, 11) is 1.20. The summed E-state index contributed by atoms with van der Waals surface area (Å²) in [6.45, 7) is 6.71. The molecule has 3 aliphatic carbocycles. The number of carbonyl (C=O) groups excluding carboxylic acids is 1. The first-order chi connectivity index (χ1) is 21.8. The van der Waals surface area contributed by atoms with Gasteiger partial charge in [0.1, 0.15) is 7.11 Å². The highest BCUT2D eigenvalue weighted by Gasteiger charge is 2.52. The second kappa shape index (κ2) is 15.9. The highest BCUT2D eigenvalue weighted by Crippen LogP contribution is 2.53. The number of ether oxygens (including phenoxy) is 2. The average Bonchev–Trinajstić information content (AvgIpc) is 3.14. The zero-order valence-electron chi connectivity index (χ0n) is 27.2. The van der Waals surface area contributed by atoms with Crippen LogP contribution in [0.25, 0.3) is 0 Å². The molecule has 3 saturated carbocycles. The number of carbonyl (C=O) groups is 2. The Morgan fingerprint density at radius 1 is 0.957 bits per heavy atom. The molecule has 5 aliphatic rings. The van der Waals surface area contributed by atoms with Crippen LogP contribution in [0.3, 0.4) is 0 Å². The number of carboxylic acids is 1. The van der Waals surface area contributed by atoms with E-state index in [9.17, 15) is 27.9 Å². The molecule has 8 atom stereocenters. The van der Waals surface area contributed by atoms with Crippen molar-refractivity contribution in [2.75, 3.05) is 7.11 Å². The van der Waals surface area contributed by atoms with Crippen molar-refractivity contribution in [1.29, 1.82) is 0 Å². The average molecular weight is 655 g/mol. The topological polar surface area (TPSA) is 124 Å². The van der Waals surface area contributed by atoms with E-state index in [1.165, 1.54) is 58.5 Å². The zero-order valence-corrected chi connectivity index (χ0v) is 27.2. The van der Waals surface area contributed by atoms with Gasteiger partial charge in [0.15, 0.2) is 17.7 Å². The molecule has 2 aliphatic heterocycles. The fourth-order valence-electron chi connectivity index (χ4n) is 8.04. The van der Waals surface area contributed by atoms with Crippen LogP contribution in [0.2, 0.25) is 0 Å². The zero-order chi connectivity index (χ0) is 33.6. The molecule has 0 spiro atoms. The standard InChI is InChI=1S/C18H30O2.C15H16F3NO3.CH3NO2/c1-11-9-10-13-5-4-8-15-12(2)17(14-6-3-7-14)20-18(19-11)16(13)15;1-8-6-10(7-8)13(20)19-12(14(21)22)9-2-4-11(5-3-9)15(16,17)18;1-4-2-3/h11-18H,3-10H2,1-2H3;2-5,8,10,12H,6-7H2,1H3,(H,19,20)(H,21,22);1H3/t11?,12-,13-,15+,16?,17?,18+;8?,10?,12-;/m10./s1. The molecule has 1 amide bonds. The SMILES string of the molecule is CC1CC(C(=O)N[C@H](C(=O)O)c2ccc(C(F)(F)F)cc2)C1.CC1CC[C@H]2CCC[C@@H]3C2[C@@H](O1)OC(C1CCC1)[C@@H]3C.CON=O. The minimum Gasteiger partial charge on any atom is -0.479 e. The van der Waals surface area contributed by atoms with Crippen LogP contribution in [0.5, 0.6) is 0 Å². The second-order valence-corrected chi connectivity index (χ2v) is 13.9. The second-order valence-electron chi connectivity index (χ2n) is 13.9. The van der Waals surface area contributed by atoms with Gasteiger partial charge in [-0.05, 0) is 106 Å². The molecule has 9 nitrogen and oxygen atoms in total. The fourth-order valence-corrected chi connectivity index (χ4v) is 8.04. The van der Waals surface area contributed by atoms with Crippen molar-refractivity contribution in [2.24, 2.45) is 46.8 Å². The van der Waals surface area contributed by atoms with Gasteiger partial charge in [-0.2, -0.15) is 13.2 Å². The maximum absolute atomic E-state index is 12.5. The van der Waals surface area contributed by atoms with Crippen LogP contribution >= 0.6 is 0 Å². The Morgan fingerprint density at radius 2 is 1.57 bits per heavy atom. The predicted molar refractivity (Wildman–Crippen MR) is 164 cm³/mol. The number of hydrogen-bond acceptors (Lipinski definition) is 7. The molecule has 0 radical (unpaired) electrons. The lowest BCUT2D eigenvalue weighted by atomic mass is 9.61. The monoisotopic (exact) mass is 654 g/mol. The number of benzene rings is 1. The van der Waals surface area contributed by atoms with Crippen molar-refractivity contribution < 1.29 is 42.2 Å². The number of nitrogens with one attached hydrogen (secondary N) is 1. The van der Waals surface area contributed by atoms with Crippen molar-refractivity contribution in [2.45, 2.75) is 116 Å². The molecule has 1 aromatic rings. The lowest BCUT2D eigenvalue weighted by Gasteiger charge is -2.53. The molecular weight excluding hydrogens is 605 g/mol. The minimum absolute atomic E-state index is 0.112.